The van der Waals surface area contributed by atoms with Crippen molar-refractivity contribution in [3.05, 3.63) is 157 Å². The lowest BCUT2D eigenvalue weighted by molar-refractivity contribution is 0.390. The molecule has 2 aliphatic rings. The van der Waals surface area contributed by atoms with Crippen molar-refractivity contribution in [2.45, 2.75) is 37.8 Å². The Kier molecular flexibility index (Phi) is 9.63. The molecule has 8 rings (SSSR count). The second-order valence-corrected chi connectivity index (χ2v) is 14.9. The number of nitrogens with zero attached hydrogens (tertiary/aromatic N) is 2. The first-order valence-corrected chi connectivity index (χ1v) is 20.0. The van der Waals surface area contributed by atoms with E-state index >= 15 is 0 Å². The maximum absolute atomic E-state index is 7.27. The number of aliphatic imine (C=N–C) groups is 2. The Bertz CT molecular complexity index is 1990. The molecule has 2 atom stereocenters. The highest BCUT2D eigenvalue weighted by atomic mass is 35.6. The standard InChI is InChI=1S/C44H38N2O2.Al.ClH/c47-43-37(25-35(31-15-5-1-6-16-31)27-39(43)33-19-9-3-10-20-33)29-45-41-23-13-14-24-42(41)46-30-38-26-36(32-17-7-2-8-18-32)28-40(44(38)48)34-21-11-4-12-22-34;;/h1-12,15-22,25-30,41-42,47-48H,13-14,23-24H2;;1H/q;+3;/p-3/t41-,42-;;/m1../s1. The van der Waals surface area contributed by atoms with E-state index in [1.165, 1.54) is 0 Å². The molecule has 0 spiro atoms. The summed E-state index contributed by atoms with van der Waals surface area (Å²) in [6.45, 7) is 0. The van der Waals surface area contributed by atoms with Crippen LogP contribution >= 0.6 is 10.0 Å². The molecule has 1 aliphatic heterocycles. The van der Waals surface area contributed by atoms with Crippen LogP contribution < -0.4 is 7.58 Å². The van der Waals surface area contributed by atoms with Gasteiger partial charge in [0, 0.05) is 34.7 Å². The van der Waals surface area contributed by atoms with Crippen LogP contribution in [0.3, 0.4) is 0 Å². The zero-order valence-corrected chi connectivity index (χ0v) is 29.6. The summed E-state index contributed by atoms with van der Waals surface area (Å²) >= 11 is -2.91. The van der Waals surface area contributed by atoms with E-state index in [0.29, 0.717) is 11.5 Å². The van der Waals surface area contributed by atoms with Crippen LogP contribution in [0, 0.1) is 0 Å². The molecule has 50 heavy (non-hydrogen) atoms. The number of halogens is 1. The Morgan fingerprint density at radius 2 is 0.820 bits per heavy atom. The second-order valence-electron chi connectivity index (χ2n) is 12.8. The fourth-order valence-corrected chi connectivity index (χ4v) is 8.50. The SMILES string of the molecule is [Cl][Al]1[O]c2c(cc(-c3ccccc3)cc2-c2ccccc2)C=N[C@@H]2CCCC[C@H]2N=Cc2cc(-c3ccccc3)cc(-c3ccccc3)c2[O]1. The van der Waals surface area contributed by atoms with E-state index in [9.17, 15) is 0 Å². The Morgan fingerprint density at radius 1 is 0.460 bits per heavy atom. The van der Waals surface area contributed by atoms with Gasteiger partial charge in [0.15, 0.2) is 0 Å². The molecule has 6 heteroatoms. The van der Waals surface area contributed by atoms with Crippen LogP contribution in [0.15, 0.2) is 156 Å². The molecule has 1 fully saturated rings. The molecule has 6 aromatic rings. The predicted molar refractivity (Wildman–Crippen MR) is 209 cm³/mol. The fourth-order valence-electron chi connectivity index (χ4n) is 7.02. The van der Waals surface area contributed by atoms with Gasteiger partial charge in [-0.3, -0.25) is 9.98 Å². The maximum Gasteiger partial charge on any atom is 0.999 e. The van der Waals surface area contributed by atoms with Gasteiger partial charge in [-0.15, -0.1) is 0 Å². The molecule has 1 aliphatic carbocycles. The number of hydrogen-bond acceptors (Lipinski definition) is 4. The summed E-state index contributed by atoms with van der Waals surface area (Å²) in [6, 6.07) is 50.4. The minimum atomic E-state index is -2.91. The van der Waals surface area contributed by atoms with Crippen molar-refractivity contribution in [2.24, 2.45) is 9.98 Å². The van der Waals surface area contributed by atoms with E-state index in [1.54, 1.807) is 0 Å². The molecule has 0 saturated heterocycles. The first-order chi connectivity index (χ1) is 24.7. The third kappa shape index (κ3) is 7.04. The lowest BCUT2D eigenvalue weighted by Gasteiger charge is -2.25. The average Bonchev–Trinajstić information content (AvgIpc) is 3.19. The normalized spacial score (nSPS) is 17.1. The van der Waals surface area contributed by atoms with E-state index in [1.807, 2.05) is 61.0 Å². The second kappa shape index (κ2) is 14.9. The van der Waals surface area contributed by atoms with Crippen molar-refractivity contribution in [3.63, 3.8) is 0 Å². The molecule has 0 radical (unpaired) electrons. The third-order valence-corrected chi connectivity index (χ3v) is 10.9. The van der Waals surface area contributed by atoms with Crippen LogP contribution in [0.1, 0.15) is 36.8 Å². The lowest BCUT2D eigenvalue weighted by atomic mass is 9.90. The van der Waals surface area contributed by atoms with Gasteiger partial charge in [0.2, 0.25) is 0 Å². The van der Waals surface area contributed by atoms with Crippen molar-refractivity contribution in [1.82, 2.24) is 0 Å². The van der Waals surface area contributed by atoms with Crippen LogP contribution in [0.4, 0.5) is 0 Å². The van der Waals surface area contributed by atoms with Gasteiger partial charge < -0.3 is 7.58 Å². The summed E-state index contributed by atoms with van der Waals surface area (Å²) in [5.41, 5.74) is 10.1. The Hall–Kier alpha value is -4.92. The lowest BCUT2D eigenvalue weighted by Crippen LogP contribution is -2.27. The highest BCUT2D eigenvalue weighted by molar-refractivity contribution is 7.00. The predicted octanol–water partition coefficient (Wildman–Crippen LogP) is 11.2. The van der Waals surface area contributed by atoms with Crippen molar-refractivity contribution in [1.29, 1.82) is 0 Å². The highest BCUT2D eigenvalue weighted by Crippen LogP contribution is 2.41. The minimum Gasteiger partial charge on any atom is -0.599 e. The van der Waals surface area contributed by atoms with Gasteiger partial charge in [0.05, 0.1) is 12.1 Å². The third-order valence-electron chi connectivity index (χ3n) is 9.54. The van der Waals surface area contributed by atoms with Crippen molar-refractivity contribution < 1.29 is 7.58 Å². The van der Waals surface area contributed by atoms with Gasteiger partial charge in [-0.05, 0) is 70.5 Å². The number of benzene rings is 6. The van der Waals surface area contributed by atoms with E-state index < -0.39 is 13.9 Å². The van der Waals surface area contributed by atoms with Crippen LogP contribution in [0.5, 0.6) is 11.5 Å². The van der Waals surface area contributed by atoms with Crippen molar-refractivity contribution in [2.75, 3.05) is 0 Å². The van der Waals surface area contributed by atoms with Gasteiger partial charge >= 0.3 is 13.9 Å². The average molecular weight is 687 g/mol. The number of hydrogen-bond donors (Lipinski definition) is 0. The van der Waals surface area contributed by atoms with Gasteiger partial charge in [0.1, 0.15) is 11.5 Å². The van der Waals surface area contributed by atoms with Gasteiger partial charge in [-0.25, -0.2) is 0 Å². The Balaban J connectivity index is 1.33. The Morgan fingerprint density at radius 3 is 1.20 bits per heavy atom. The summed E-state index contributed by atoms with van der Waals surface area (Å²) in [7, 11) is 7.27. The van der Waals surface area contributed by atoms with Crippen LogP contribution in [-0.2, 0) is 0 Å². The molecule has 0 bridgehead atoms. The zero-order chi connectivity index (χ0) is 33.7. The monoisotopic (exact) mass is 686 g/mol. The van der Waals surface area contributed by atoms with Crippen molar-refractivity contribution in [3.8, 4) is 56.0 Å². The number of fused-ring (bicyclic) bond motifs is 3. The van der Waals surface area contributed by atoms with E-state index in [2.05, 4.69) is 97.1 Å². The first kappa shape index (κ1) is 32.3. The van der Waals surface area contributed by atoms with Crippen LogP contribution in [0.2, 0.25) is 0 Å². The fraction of sp³-hybridized carbons (Fsp3) is 0.136. The summed E-state index contributed by atoms with van der Waals surface area (Å²) in [6.07, 6.45) is 8.19. The molecular weight excluding hydrogens is 651 g/mol. The largest absolute Gasteiger partial charge is 0.999 e. The molecule has 244 valence electrons. The van der Waals surface area contributed by atoms with Crippen LogP contribution in [-0.4, -0.2) is 38.4 Å². The Labute approximate surface area is 303 Å². The highest BCUT2D eigenvalue weighted by Gasteiger charge is 2.36. The molecular formula is C44H36AlClN2O2. The smallest absolute Gasteiger partial charge is 0.599 e. The molecule has 6 aromatic carbocycles. The van der Waals surface area contributed by atoms with E-state index in [0.717, 1.165) is 81.3 Å². The van der Waals surface area contributed by atoms with Crippen molar-refractivity contribution >= 4 is 36.4 Å². The molecule has 1 heterocycles. The minimum absolute atomic E-state index is 0.0495. The zero-order valence-electron chi connectivity index (χ0n) is 27.7. The summed E-state index contributed by atoms with van der Waals surface area (Å²) in [5.74, 6) is 1.37. The summed E-state index contributed by atoms with van der Waals surface area (Å²) in [5, 5.41) is 0. The quantitative estimate of drug-likeness (QED) is 0.173. The van der Waals surface area contributed by atoms with E-state index in [-0.39, 0.29) is 12.1 Å². The topological polar surface area (TPSA) is 43.2 Å². The molecule has 0 amide bonds. The molecule has 1 saturated carbocycles. The molecule has 0 N–H and O–H groups in total. The van der Waals surface area contributed by atoms with Crippen LogP contribution in [0.25, 0.3) is 44.5 Å². The van der Waals surface area contributed by atoms with E-state index in [4.69, 9.17) is 27.6 Å². The maximum atomic E-state index is 7.27. The molecule has 0 aromatic heterocycles. The number of rotatable bonds is 4. The molecule has 4 nitrogen and oxygen atoms in total. The first-order valence-electron chi connectivity index (χ1n) is 17.3. The van der Waals surface area contributed by atoms with Gasteiger partial charge in [0.25, 0.3) is 0 Å². The molecule has 0 unspecified atom stereocenters. The summed E-state index contributed by atoms with van der Waals surface area (Å²) < 4.78 is 13.7. The van der Waals surface area contributed by atoms with Gasteiger partial charge in [-0.1, -0.05) is 134 Å². The van der Waals surface area contributed by atoms with Gasteiger partial charge in [-0.2, -0.15) is 10.0 Å². The summed E-state index contributed by atoms with van der Waals surface area (Å²) in [4.78, 5) is 10.5.